The molecule has 0 aliphatic carbocycles. The molecule has 1 N–H and O–H groups in total. The molecule has 2 heterocycles. The van der Waals surface area contributed by atoms with Crippen molar-refractivity contribution < 1.29 is 4.79 Å². The number of aryl methyl sites for hydroxylation is 1. The van der Waals surface area contributed by atoms with Gasteiger partial charge in [0.2, 0.25) is 5.91 Å². The average molecular weight is 272 g/mol. The van der Waals surface area contributed by atoms with Crippen molar-refractivity contribution in [2.75, 3.05) is 13.1 Å². The van der Waals surface area contributed by atoms with Crippen molar-refractivity contribution >= 4 is 5.91 Å². The Morgan fingerprint density at radius 3 is 2.85 bits per heavy atom. The second-order valence-corrected chi connectivity index (χ2v) is 6.18. The highest BCUT2D eigenvalue weighted by Crippen LogP contribution is 2.22. The maximum absolute atomic E-state index is 12.8. The number of benzene rings is 1. The Hall–Kier alpha value is -1.35. The largest absolute Gasteiger partial charge is 0.337 e. The van der Waals surface area contributed by atoms with Gasteiger partial charge in [-0.3, -0.25) is 4.79 Å². The van der Waals surface area contributed by atoms with Gasteiger partial charge in [0, 0.05) is 13.1 Å². The second-order valence-electron chi connectivity index (χ2n) is 6.18. The lowest BCUT2D eigenvalue weighted by molar-refractivity contribution is -0.135. The van der Waals surface area contributed by atoms with Crippen molar-refractivity contribution in [2.45, 2.75) is 45.2 Å². The first-order valence-electron chi connectivity index (χ1n) is 7.84. The molecular formula is C17H24N2O. The molecule has 3 heteroatoms. The Kier molecular flexibility index (Phi) is 4.06. The van der Waals surface area contributed by atoms with E-state index in [0.717, 1.165) is 38.9 Å². The summed E-state index contributed by atoms with van der Waals surface area (Å²) >= 11 is 0. The van der Waals surface area contributed by atoms with E-state index < -0.39 is 0 Å². The molecule has 1 saturated heterocycles. The molecule has 0 spiro atoms. The van der Waals surface area contributed by atoms with Gasteiger partial charge in [-0.2, -0.15) is 0 Å². The first-order valence-corrected chi connectivity index (χ1v) is 7.84. The van der Waals surface area contributed by atoms with E-state index in [1.165, 1.54) is 17.5 Å². The molecule has 2 atom stereocenters. The molecule has 0 radical (unpaired) electrons. The number of fused-ring (bicyclic) bond motifs is 1. The molecule has 20 heavy (non-hydrogen) atoms. The van der Waals surface area contributed by atoms with E-state index in [1.807, 2.05) is 0 Å². The molecule has 0 bridgehead atoms. The number of piperidine rings is 1. The van der Waals surface area contributed by atoms with E-state index in [4.69, 9.17) is 0 Å². The summed E-state index contributed by atoms with van der Waals surface area (Å²) in [4.78, 5) is 14.9. The van der Waals surface area contributed by atoms with Gasteiger partial charge < -0.3 is 10.2 Å². The summed E-state index contributed by atoms with van der Waals surface area (Å²) < 4.78 is 0. The van der Waals surface area contributed by atoms with E-state index in [0.29, 0.717) is 11.8 Å². The SMILES string of the molecule is CC1CCCNC1C(=O)N1CCCc2ccccc2C1. The molecule has 1 fully saturated rings. The fourth-order valence-corrected chi connectivity index (χ4v) is 3.47. The van der Waals surface area contributed by atoms with Crippen molar-refractivity contribution in [1.82, 2.24) is 10.2 Å². The summed E-state index contributed by atoms with van der Waals surface area (Å²) in [5, 5.41) is 3.42. The minimum absolute atomic E-state index is 0.0222. The van der Waals surface area contributed by atoms with Crippen LogP contribution in [0.15, 0.2) is 24.3 Å². The van der Waals surface area contributed by atoms with E-state index in [9.17, 15) is 4.79 Å². The normalized spacial score (nSPS) is 26.8. The number of nitrogens with zero attached hydrogens (tertiary/aromatic N) is 1. The maximum Gasteiger partial charge on any atom is 0.240 e. The standard InChI is InChI=1S/C17H24N2O/c1-13-6-4-10-18-16(13)17(20)19-11-5-9-14-7-2-3-8-15(14)12-19/h2-3,7-8,13,16,18H,4-6,9-12H2,1H3. The molecule has 1 amide bonds. The van der Waals surface area contributed by atoms with Crippen molar-refractivity contribution in [3.63, 3.8) is 0 Å². The van der Waals surface area contributed by atoms with Gasteiger partial charge >= 0.3 is 0 Å². The minimum Gasteiger partial charge on any atom is -0.337 e. The first-order chi connectivity index (χ1) is 9.75. The Labute approximate surface area is 121 Å². The third kappa shape index (κ3) is 2.73. The highest BCUT2D eigenvalue weighted by atomic mass is 16.2. The number of hydrogen-bond acceptors (Lipinski definition) is 2. The third-order valence-corrected chi connectivity index (χ3v) is 4.70. The van der Waals surface area contributed by atoms with Gasteiger partial charge in [0.15, 0.2) is 0 Å². The highest BCUT2D eigenvalue weighted by molar-refractivity contribution is 5.82. The quantitative estimate of drug-likeness (QED) is 0.851. The highest BCUT2D eigenvalue weighted by Gasteiger charge is 2.31. The van der Waals surface area contributed by atoms with Crippen LogP contribution in [0.25, 0.3) is 0 Å². The van der Waals surface area contributed by atoms with Crippen LogP contribution >= 0.6 is 0 Å². The molecule has 108 valence electrons. The predicted octanol–water partition coefficient (Wildman–Crippen LogP) is 2.35. The molecule has 3 rings (SSSR count). The van der Waals surface area contributed by atoms with Gasteiger partial charge in [0.1, 0.15) is 0 Å². The Morgan fingerprint density at radius 2 is 2.05 bits per heavy atom. The zero-order chi connectivity index (χ0) is 13.9. The molecule has 0 aromatic heterocycles. The van der Waals surface area contributed by atoms with Gasteiger partial charge in [-0.25, -0.2) is 0 Å². The van der Waals surface area contributed by atoms with Crippen molar-refractivity contribution in [3.05, 3.63) is 35.4 Å². The topological polar surface area (TPSA) is 32.3 Å². The van der Waals surface area contributed by atoms with Crippen molar-refractivity contribution in [1.29, 1.82) is 0 Å². The van der Waals surface area contributed by atoms with E-state index >= 15 is 0 Å². The van der Waals surface area contributed by atoms with Crippen LogP contribution in [0.1, 0.15) is 37.3 Å². The first kappa shape index (κ1) is 13.6. The zero-order valence-electron chi connectivity index (χ0n) is 12.3. The lowest BCUT2D eigenvalue weighted by Crippen LogP contribution is -2.52. The van der Waals surface area contributed by atoms with E-state index in [-0.39, 0.29) is 6.04 Å². The van der Waals surface area contributed by atoms with Crippen LogP contribution in [-0.2, 0) is 17.8 Å². The van der Waals surface area contributed by atoms with Crippen LogP contribution in [0.3, 0.4) is 0 Å². The molecule has 2 unspecified atom stereocenters. The van der Waals surface area contributed by atoms with Gasteiger partial charge in [-0.05, 0) is 49.3 Å². The Balaban J connectivity index is 1.75. The van der Waals surface area contributed by atoms with Gasteiger partial charge in [0.05, 0.1) is 6.04 Å². The summed E-state index contributed by atoms with van der Waals surface area (Å²) in [7, 11) is 0. The molecule has 1 aromatic carbocycles. The average Bonchev–Trinajstić information content (AvgIpc) is 2.69. The maximum atomic E-state index is 12.8. The summed E-state index contributed by atoms with van der Waals surface area (Å²) in [5.41, 5.74) is 2.73. The number of carbonyl (C=O) groups is 1. The summed E-state index contributed by atoms with van der Waals surface area (Å²) in [5.74, 6) is 0.753. The molecule has 0 saturated carbocycles. The molecule has 2 aliphatic rings. The molecule has 2 aliphatic heterocycles. The molecular weight excluding hydrogens is 248 g/mol. The van der Waals surface area contributed by atoms with Crippen LogP contribution in [0.4, 0.5) is 0 Å². The number of nitrogens with one attached hydrogen (secondary N) is 1. The number of hydrogen-bond donors (Lipinski definition) is 1. The predicted molar refractivity (Wildman–Crippen MR) is 80.4 cm³/mol. The van der Waals surface area contributed by atoms with Crippen molar-refractivity contribution in [3.8, 4) is 0 Å². The fourth-order valence-electron chi connectivity index (χ4n) is 3.47. The van der Waals surface area contributed by atoms with Crippen molar-refractivity contribution in [2.24, 2.45) is 5.92 Å². The van der Waals surface area contributed by atoms with Crippen LogP contribution < -0.4 is 5.32 Å². The van der Waals surface area contributed by atoms with E-state index in [2.05, 4.69) is 41.4 Å². The summed E-state index contributed by atoms with van der Waals surface area (Å²) in [6.45, 7) is 4.84. The van der Waals surface area contributed by atoms with Crippen LogP contribution in [0.2, 0.25) is 0 Å². The molecule has 1 aromatic rings. The summed E-state index contributed by atoms with van der Waals surface area (Å²) in [6.07, 6.45) is 4.51. The lowest BCUT2D eigenvalue weighted by Gasteiger charge is -2.33. The monoisotopic (exact) mass is 272 g/mol. The van der Waals surface area contributed by atoms with Gasteiger partial charge in [-0.15, -0.1) is 0 Å². The van der Waals surface area contributed by atoms with Crippen LogP contribution in [0, 0.1) is 5.92 Å². The fraction of sp³-hybridized carbons (Fsp3) is 0.588. The van der Waals surface area contributed by atoms with E-state index in [1.54, 1.807) is 0 Å². The second kappa shape index (κ2) is 5.96. The number of carbonyl (C=O) groups excluding carboxylic acids is 1. The number of amides is 1. The molecule has 3 nitrogen and oxygen atoms in total. The minimum atomic E-state index is 0.0222. The number of rotatable bonds is 1. The van der Waals surface area contributed by atoms with Gasteiger partial charge in [-0.1, -0.05) is 31.2 Å². The Bertz CT molecular complexity index is 486. The van der Waals surface area contributed by atoms with Gasteiger partial charge in [0.25, 0.3) is 0 Å². The third-order valence-electron chi connectivity index (χ3n) is 4.70. The zero-order valence-corrected chi connectivity index (χ0v) is 12.3. The summed E-state index contributed by atoms with van der Waals surface area (Å²) in [6, 6.07) is 8.56. The van der Waals surface area contributed by atoms with Crippen LogP contribution in [-0.4, -0.2) is 29.9 Å². The van der Waals surface area contributed by atoms with Crippen LogP contribution in [0.5, 0.6) is 0 Å². The lowest BCUT2D eigenvalue weighted by atomic mass is 9.91. The smallest absolute Gasteiger partial charge is 0.240 e. The Morgan fingerprint density at radius 1 is 1.25 bits per heavy atom.